The molecule has 0 fully saturated rings. The van der Waals surface area contributed by atoms with Gasteiger partial charge in [-0.2, -0.15) is 18.3 Å². The summed E-state index contributed by atoms with van der Waals surface area (Å²) in [4.78, 5) is 28.8. The van der Waals surface area contributed by atoms with Crippen molar-refractivity contribution < 1.29 is 27.5 Å². The number of alkyl halides is 3. The number of nitrogens with one attached hydrogen (secondary N) is 2. The first-order chi connectivity index (χ1) is 18.8. The maximum absolute atomic E-state index is 13.1. The molecule has 0 aliphatic carbocycles. The number of carbonyl (C=O) groups excluding carboxylic acids is 2. The molecule has 4 aromatic carbocycles. The molecule has 0 saturated carbocycles. The van der Waals surface area contributed by atoms with Crippen molar-refractivity contribution in [1.82, 2.24) is 10.4 Å². The lowest BCUT2D eigenvalue weighted by atomic mass is 10.0. The van der Waals surface area contributed by atoms with Gasteiger partial charge in [-0.05, 0) is 42.0 Å². The monoisotopic (exact) mass is 527 g/mol. The number of rotatable bonds is 6. The van der Waals surface area contributed by atoms with Crippen LogP contribution >= 0.6 is 0 Å². The lowest BCUT2D eigenvalue weighted by Gasteiger charge is -2.10. The number of carbonyl (C=O) groups is 2. The quantitative estimate of drug-likeness (QED) is 0.110. The van der Waals surface area contributed by atoms with Crippen molar-refractivity contribution in [3.8, 4) is 16.9 Å². The van der Waals surface area contributed by atoms with E-state index in [1.165, 1.54) is 18.3 Å². The van der Waals surface area contributed by atoms with Gasteiger partial charge in [-0.25, -0.2) is 10.2 Å². The summed E-state index contributed by atoms with van der Waals surface area (Å²) >= 11 is 0. The fourth-order valence-electron chi connectivity index (χ4n) is 4.09. The minimum Gasteiger partial charge on any atom is -0.422 e. The highest BCUT2D eigenvalue weighted by atomic mass is 19.4. The highest BCUT2D eigenvalue weighted by molar-refractivity contribution is 6.09. The van der Waals surface area contributed by atoms with Crippen molar-refractivity contribution in [1.29, 1.82) is 0 Å². The highest BCUT2D eigenvalue weighted by Gasteiger charge is 2.31. The summed E-state index contributed by atoms with van der Waals surface area (Å²) in [5.41, 5.74) is 4.31. The first kappa shape index (κ1) is 25.5. The van der Waals surface area contributed by atoms with E-state index in [4.69, 9.17) is 4.74 Å². The zero-order chi connectivity index (χ0) is 27.4. The van der Waals surface area contributed by atoms with Gasteiger partial charge in [0.15, 0.2) is 0 Å². The Morgan fingerprint density at radius 1 is 0.846 bits per heavy atom. The third-order valence-electron chi connectivity index (χ3n) is 5.91. The van der Waals surface area contributed by atoms with Gasteiger partial charge in [0.2, 0.25) is 0 Å². The van der Waals surface area contributed by atoms with Crippen LogP contribution in [0.1, 0.15) is 32.0 Å². The van der Waals surface area contributed by atoms with Crippen molar-refractivity contribution in [2.75, 3.05) is 0 Å². The fraction of sp³-hybridized carbons (Fsp3) is 0.0333. The molecule has 1 aromatic heterocycles. The van der Waals surface area contributed by atoms with Crippen LogP contribution in [0.3, 0.4) is 0 Å². The van der Waals surface area contributed by atoms with Crippen LogP contribution < -0.4 is 10.2 Å². The van der Waals surface area contributed by atoms with E-state index in [0.29, 0.717) is 11.3 Å². The third kappa shape index (κ3) is 5.57. The van der Waals surface area contributed by atoms with Gasteiger partial charge >= 0.3 is 12.1 Å². The lowest BCUT2D eigenvalue weighted by molar-refractivity contribution is -0.137. The number of hydrazone groups is 1. The average molecular weight is 528 g/mol. The van der Waals surface area contributed by atoms with E-state index in [1.807, 2.05) is 54.6 Å². The summed E-state index contributed by atoms with van der Waals surface area (Å²) in [7, 11) is 0. The SMILES string of the molecule is O=C(Oc1ccccc1C=NNC(=O)c1[nH]c2ccccc2c1-c1ccccc1)c1cccc(C(F)(F)F)c1. The van der Waals surface area contributed by atoms with Crippen molar-refractivity contribution in [2.45, 2.75) is 6.18 Å². The molecule has 9 heteroatoms. The molecule has 0 aliphatic rings. The van der Waals surface area contributed by atoms with Gasteiger partial charge in [0, 0.05) is 22.0 Å². The number of aromatic amines is 1. The molecular weight excluding hydrogens is 507 g/mol. The zero-order valence-corrected chi connectivity index (χ0v) is 20.2. The van der Waals surface area contributed by atoms with Crippen LogP contribution in [0.25, 0.3) is 22.0 Å². The second kappa shape index (κ2) is 10.7. The number of halogens is 3. The molecule has 39 heavy (non-hydrogen) atoms. The molecule has 0 saturated heterocycles. The number of nitrogens with zero attached hydrogens (tertiary/aromatic N) is 1. The number of ether oxygens (including phenoxy) is 1. The standard InChI is InChI=1S/C30H20F3N3O3/c31-30(32,33)22-13-8-12-20(17-22)29(38)39-25-16-7-4-11-21(25)18-34-36-28(37)27-26(19-9-2-1-3-10-19)23-14-5-6-15-24(23)35-27/h1-18,35H,(H,36,37). The van der Waals surface area contributed by atoms with E-state index in [9.17, 15) is 22.8 Å². The van der Waals surface area contributed by atoms with Gasteiger partial charge in [0.1, 0.15) is 11.4 Å². The van der Waals surface area contributed by atoms with Crippen molar-refractivity contribution in [3.05, 3.63) is 126 Å². The summed E-state index contributed by atoms with van der Waals surface area (Å²) in [6.45, 7) is 0. The van der Waals surface area contributed by atoms with Gasteiger partial charge in [0.25, 0.3) is 5.91 Å². The van der Waals surface area contributed by atoms with E-state index in [0.717, 1.165) is 40.2 Å². The minimum absolute atomic E-state index is 0.0634. The number of para-hydroxylation sites is 2. The van der Waals surface area contributed by atoms with Gasteiger partial charge in [-0.1, -0.05) is 66.7 Å². The maximum Gasteiger partial charge on any atom is 0.416 e. The van der Waals surface area contributed by atoms with Crippen LogP contribution in [0.15, 0.2) is 108 Å². The van der Waals surface area contributed by atoms with E-state index < -0.39 is 23.6 Å². The number of amides is 1. The van der Waals surface area contributed by atoms with E-state index in [1.54, 1.807) is 18.2 Å². The molecule has 1 heterocycles. The van der Waals surface area contributed by atoms with Crippen LogP contribution in [0.5, 0.6) is 5.75 Å². The normalized spacial score (nSPS) is 11.6. The fourth-order valence-corrected chi connectivity index (χ4v) is 4.09. The molecular formula is C30H20F3N3O3. The summed E-state index contributed by atoms with van der Waals surface area (Å²) in [6.07, 6.45) is -3.30. The summed E-state index contributed by atoms with van der Waals surface area (Å²) in [5.74, 6) is -1.38. The number of hydrogen-bond donors (Lipinski definition) is 2. The molecule has 0 radical (unpaired) electrons. The van der Waals surface area contributed by atoms with Crippen molar-refractivity contribution >= 4 is 29.0 Å². The van der Waals surface area contributed by atoms with Gasteiger partial charge in [-0.15, -0.1) is 0 Å². The Kier molecular flexibility index (Phi) is 6.96. The Balaban J connectivity index is 1.36. The van der Waals surface area contributed by atoms with E-state index >= 15 is 0 Å². The number of benzene rings is 4. The largest absolute Gasteiger partial charge is 0.422 e. The molecule has 0 unspecified atom stereocenters. The van der Waals surface area contributed by atoms with E-state index in [2.05, 4.69) is 15.5 Å². The molecule has 194 valence electrons. The summed E-state index contributed by atoms with van der Waals surface area (Å²) in [6, 6.07) is 27.3. The topological polar surface area (TPSA) is 83.5 Å². The number of H-pyrrole nitrogens is 1. The molecule has 0 spiro atoms. The number of hydrogen-bond acceptors (Lipinski definition) is 4. The van der Waals surface area contributed by atoms with Gasteiger partial charge in [-0.3, -0.25) is 4.79 Å². The smallest absolute Gasteiger partial charge is 0.416 e. The van der Waals surface area contributed by atoms with Crippen molar-refractivity contribution in [3.63, 3.8) is 0 Å². The second-order valence-electron chi connectivity index (χ2n) is 8.49. The molecule has 0 atom stereocenters. The van der Waals surface area contributed by atoms with E-state index in [-0.39, 0.29) is 11.3 Å². The molecule has 1 amide bonds. The lowest BCUT2D eigenvalue weighted by Crippen LogP contribution is -2.19. The first-order valence-corrected chi connectivity index (χ1v) is 11.8. The summed E-state index contributed by atoms with van der Waals surface area (Å²) < 4.78 is 44.4. The van der Waals surface area contributed by atoms with Gasteiger partial charge < -0.3 is 9.72 Å². The Morgan fingerprint density at radius 2 is 1.56 bits per heavy atom. The Hall–Kier alpha value is -5.18. The molecule has 0 aliphatic heterocycles. The predicted molar refractivity (Wildman–Crippen MR) is 142 cm³/mol. The minimum atomic E-state index is -4.59. The second-order valence-corrected chi connectivity index (χ2v) is 8.49. The molecule has 0 bridgehead atoms. The third-order valence-corrected chi connectivity index (χ3v) is 5.91. The first-order valence-electron chi connectivity index (χ1n) is 11.8. The van der Waals surface area contributed by atoms with Crippen LogP contribution in [0.2, 0.25) is 0 Å². The van der Waals surface area contributed by atoms with Crippen LogP contribution in [0.4, 0.5) is 13.2 Å². The van der Waals surface area contributed by atoms with Crippen LogP contribution in [0, 0.1) is 0 Å². The maximum atomic E-state index is 13.1. The number of fused-ring (bicyclic) bond motifs is 1. The molecule has 5 rings (SSSR count). The summed E-state index contributed by atoms with van der Waals surface area (Å²) in [5, 5.41) is 4.90. The number of aromatic nitrogens is 1. The Morgan fingerprint density at radius 3 is 2.36 bits per heavy atom. The predicted octanol–water partition coefficient (Wildman–Crippen LogP) is 6.84. The van der Waals surface area contributed by atoms with Crippen LogP contribution in [-0.4, -0.2) is 23.1 Å². The number of esters is 1. The van der Waals surface area contributed by atoms with Gasteiger partial charge in [0.05, 0.1) is 17.3 Å². The molecule has 5 aromatic rings. The molecule has 6 nitrogen and oxygen atoms in total. The van der Waals surface area contributed by atoms with Crippen molar-refractivity contribution in [2.24, 2.45) is 5.10 Å². The average Bonchev–Trinajstić information content (AvgIpc) is 3.34. The highest BCUT2D eigenvalue weighted by Crippen LogP contribution is 2.32. The Bertz CT molecular complexity index is 1690. The Labute approximate surface area is 220 Å². The zero-order valence-electron chi connectivity index (χ0n) is 20.2. The molecule has 2 N–H and O–H groups in total. The van der Waals surface area contributed by atoms with Crippen LogP contribution in [-0.2, 0) is 6.18 Å².